The third kappa shape index (κ3) is 3.96. The Bertz CT molecular complexity index is 560. The van der Waals surface area contributed by atoms with Crippen molar-refractivity contribution in [1.82, 2.24) is 5.32 Å². The van der Waals surface area contributed by atoms with Gasteiger partial charge in [-0.05, 0) is 31.7 Å². The highest BCUT2D eigenvalue weighted by molar-refractivity contribution is 5.81. The number of amides is 1. The first-order chi connectivity index (χ1) is 10.5. The van der Waals surface area contributed by atoms with Gasteiger partial charge in [-0.25, -0.2) is 0 Å². The predicted molar refractivity (Wildman–Crippen MR) is 85.9 cm³/mol. The lowest BCUT2D eigenvalue weighted by atomic mass is 9.86. The number of nitrogens with one attached hydrogen (secondary N) is 2. The zero-order valence-electron chi connectivity index (χ0n) is 13.1. The second-order valence-electron chi connectivity index (χ2n) is 6.00. The summed E-state index contributed by atoms with van der Waals surface area (Å²) in [7, 11) is 0. The quantitative estimate of drug-likeness (QED) is 0.647. The van der Waals surface area contributed by atoms with Crippen molar-refractivity contribution in [2.45, 2.75) is 45.6 Å². The molecule has 0 saturated heterocycles. The maximum atomic E-state index is 12.1. The number of hydrogen-bond acceptors (Lipinski definition) is 4. The fourth-order valence-electron chi connectivity index (χ4n) is 2.98. The Morgan fingerprint density at radius 3 is 2.77 bits per heavy atom. The van der Waals surface area contributed by atoms with Gasteiger partial charge in [-0.2, -0.15) is 0 Å². The molecule has 0 aromatic heterocycles. The summed E-state index contributed by atoms with van der Waals surface area (Å²) in [6.07, 6.45) is 4.58. The summed E-state index contributed by atoms with van der Waals surface area (Å²) >= 11 is 0. The van der Waals surface area contributed by atoms with E-state index in [-0.39, 0.29) is 24.2 Å². The van der Waals surface area contributed by atoms with Crippen molar-refractivity contribution in [3.05, 3.63) is 33.9 Å². The normalized spacial score (nSPS) is 21.2. The van der Waals surface area contributed by atoms with Crippen LogP contribution in [0, 0.1) is 23.0 Å². The number of nitro benzene ring substituents is 1. The summed E-state index contributed by atoms with van der Waals surface area (Å²) in [6.45, 7) is 3.98. The number of benzene rings is 1. The molecule has 0 heterocycles. The third-order valence-electron chi connectivity index (χ3n) is 4.40. The van der Waals surface area contributed by atoms with E-state index >= 15 is 0 Å². The fraction of sp³-hybridized carbons (Fsp3) is 0.562. The molecule has 1 aromatic rings. The van der Waals surface area contributed by atoms with Crippen molar-refractivity contribution >= 4 is 17.3 Å². The number of anilines is 1. The molecule has 1 aromatic carbocycles. The first-order valence-electron chi connectivity index (χ1n) is 7.76. The zero-order valence-corrected chi connectivity index (χ0v) is 13.1. The van der Waals surface area contributed by atoms with Gasteiger partial charge in [0.15, 0.2) is 0 Å². The Kier molecular flexibility index (Phi) is 5.35. The lowest BCUT2D eigenvalue weighted by Crippen LogP contribution is -2.43. The Morgan fingerprint density at radius 1 is 1.36 bits per heavy atom. The molecule has 2 N–H and O–H groups in total. The number of nitro groups is 1. The van der Waals surface area contributed by atoms with Crippen LogP contribution in [-0.2, 0) is 4.79 Å². The van der Waals surface area contributed by atoms with E-state index in [4.69, 9.17) is 0 Å². The second-order valence-corrected chi connectivity index (χ2v) is 6.00. The van der Waals surface area contributed by atoms with Crippen molar-refractivity contribution in [3.8, 4) is 0 Å². The molecule has 0 aliphatic heterocycles. The monoisotopic (exact) mass is 305 g/mol. The lowest BCUT2D eigenvalue weighted by Gasteiger charge is -2.29. The molecule has 6 nitrogen and oxygen atoms in total. The molecule has 1 aliphatic rings. The minimum atomic E-state index is -0.412. The fourth-order valence-corrected chi connectivity index (χ4v) is 2.98. The van der Waals surface area contributed by atoms with Crippen LogP contribution < -0.4 is 10.6 Å². The highest BCUT2D eigenvalue weighted by Crippen LogP contribution is 2.25. The van der Waals surface area contributed by atoms with Crippen LogP contribution in [0.3, 0.4) is 0 Å². The lowest BCUT2D eigenvalue weighted by molar-refractivity contribution is -0.385. The van der Waals surface area contributed by atoms with Crippen molar-refractivity contribution in [3.63, 3.8) is 0 Å². The molecule has 0 radical (unpaired) electrons. The molecule has 2 atom stereocenters. The summed E-state index contributed by atoms with van der Waals surface area (Å²) in [5.41, 5.74) is 1.23. The first-order valence-corrected chi connectivity index (χ1v) is 7.76. The largest absolute Gasteiger partial charge is 0.376 e. The van der Waals surface area contributed by atoms with E-state index in [1.165, 1.54) is 12.5 Å². The van der Waals surface area contributed by atoms with Gasteiger partial charge in [0.05, 0.1) is 11.5 Å². The standard InChI is InChI=1S/C16H23N3O3/c1-11-6-3-4-7-13(11)18-16(20)10-17-14-8-5-9-15(12(14)2)19(21)22/h5,8-9,11,13,17H,3-4,6-7,10H2,1-2H3,(H,18,20). The van der Waals surface area contributed by atoms with Gasteiger partial charge in [0.1, 0.15) is 0 Å². The molecule has 0 bridgehead atoms. The topological polar surface area (TPSA) is 84.3 Å². The van der Waals surface area contributed by atoms with E-state index in [1.807, 2.05) is 0 Å². The summed E-state index contributed by atoms with van der Waals surface area (Å²) in [5, 5.41) is 17.0. The molecule has 1 aliphatic carbocycles. The molecular weight excluding hydrogens is 282 g/mol. The smallest absolute Gasteiger partial charge is 0.274 e. The third-order valence-corrected chi connectivity index (χ3v) is 4.40. The van der Waals surface area contributed by atoms with E-state index in [0.29, 0.717) is 17.2 Å². The highest BCUT2D eigenvalue weighted by atomic mass is 16.6. The molecule has 22 heavy (non-hydrogen) atoms. The SMILES string of the molecule is Cc1c(NCC(=O)NC2CCCCC2C)cccc1[N+](=O)[O-]. The van der Waals surface area contributed by atoms with Crippen LogP contribution in [-0.4, -0.2) is 23.4 Å². The van der Waals surface area contributed by atoms with Gasteiger partial charge in [0, 0.05) is 23.4 Å². The van der Waals surface area contributed by atoms with Gasteiger partial charge < -0.3 is 10.6 Å². The van der Waals surface area contributed by atoms with Gasteiger partial charge in [-0.15, -0.1) is 0 Å². The van der Waals surface area contributed by atoms with Gasteiger partial charge in [0.25, 0.3) is 5.69 Å². The summed E-state index contributed by atoms with van der Waals surface area (Å²) in [4.78, 5) is 22.5. The highest BCUT2D eigenvalue weighted by Gasteiger charge is 2.22. The van der Waals surface area contributed by atoms with E-state index in [0.717, 1.165) is 19.3 Å². The average molecular weight is 305 g/mol. The minimum Gasteiger partial charge on any atom is -0.376 e. The maximum absolute atomic E-state index is 12.1. The molecule has 6 heteroatoms. The van der Waals surface area contributed by atoms with Gasteiger partial charge in [-0.1, -0.05) is 25.8 Å². The van der Waals surface area contributed by atoms with Gasteiger partial charge in [0.2, 0.25) is 5.91 Å². The average Bonchev–Trinajstić information content (AvgIpc) is 2.48. The van der Waals surface area contributed by atoms with Gasteiger partial charge >= 0.3 is 0 Å². The Labute approximate surface area is 130 Å². The van der Waals surface area contributed by atoms with E-state index in [1.54, 1.807) is 19.1 Å². The molecule has 1 saturated carbocycles. The van der Waals surface area contributed by atoms with Gasteiger partial charge in [-0.3, -0.25) is 14.9 Å². The molecule has 1 amide bonds. The summed E-state index contributed by atoms with van der Waals surface area (Å²) < 4.78 is 0. The summed E-state index contributed by atoms with van der Waals surface area (Å²) in [6, 6.07) is 5.08. The number of carbonyl (C=O) groups is 1. The van der Waals surface area contributed by atoms with Crippen LogP contribution in [0.4, 0.5) is 11.4 Å². The van der Waals surface area contributed by atoms with Crippen LogP contribution >= 0.6 is 0 Å². The second kappa shape index (κ2) is 7.24. The number of rotatable bonds is 5. The Balaban J connectivity index is 1.91. The molecule has 0 spiro atoms. The molecule has 2 rings (SSSR count). The molecule has 120 valence electrons. The van der Waals surface area contributed by atoms with Crippen molar-refractivity contribution < 1.29 is 9.72 Å². The van der Waals surface area contributed by atoms with Crippen molar-refractivity contribution in [2.24, 2.45) is 5.92 Å². The first kappa shape index (κ1) is 16.3. The van der Waals surface area contributed by atoms with Crippen molar-refractivity contribution in [1.29, 1.82) is 0 Å². The minimum absolute atomic E-state index is 0.0614. The molecule has 2 unspecified atom stereocenters. The van der Waals surface area contributed by atoms with Crippen LogP contribution in [0.2, 0.25) is 0 Å². The predicted octanol–water partition coefficient (Wildman–Crippen LogP) is 3.01. The molecular formula is C16H23N3O3. The maximum Gasteiger partial charge on any atom is 0.274 e. The molecule has 1 fully saturated rings. The van der Waals surface area contributed by atoms with Crippen LogP contribution in [0.25, 0.3) is 0 Å². The van der Waals surface area contributed by atoms with Crippen LogP contribution in [0.15, 0.2) is 18.2 Å². The van der Waals surface area contributed by atoms with E-state index in [2.05, 4.69) is 17.6 Å². The van der Waals surface area contributed by atoms with Crippen LogP contribution in [0.1, 0.15) is 38.2 Å². The van der Waals surface area contributed by atoms with E-state index < -0.39 is 4.92 Å². The zero-order chi connectivity index (χ0) is 16.1. The number of carbonyl (C=O) groups excluding carboxylic acids is 1. The Hall–Kier alpha value is -2.11. The van der Waals surface area contributed by atoms with E-state index in [9.17, 15) is 14.9 Å². The summed E-state index contributed by atoms with van der Waals surface area (Å²) in [5.74, 6) is 0.446. The number of hydrogen-bond donors (Lipinski definition) is 2. The number of nitrogens with zero attached hydrogens (tertiary/aromatic N) is 1. The van der Waals surface area contributed by atoms with Crippen molar-refractivity contribution in [2.75, 3.05) is 11.9 Å². The Morgan fingerprint density at radius 2 is 2.09 bits per heavy atom. The van der Waals surface area contributed by atoms with Crippen LogP contribution in [0.5, 0.6) is 0 Å².